The lowest BCUT2D eigenvalue weighted by Crippen LogP contribution is -2.51. The van der Waals surface area contributed by atoms with Crippen LogP contribution in [-0.4, -0.2) is 67.5 Å². The van der Waals surface area contributed by atoms with E-state index in [9.17, 15) is 13.2 Å². The highest BCUT2D eigenvalue weighted by atomic mass is 32.2. The van der Waals surface area contributed by atoms with Crippen LogP contribution < -0.4 is 10.2 Å². The second kappa shape index (κ2) is 9.57. The lowest BCUT2D eigenvalue weighted by molar-refractivity contribution is -0.124. The number of hydrogen-bond donors (Lipinski definition) is 1. The van der Waals surface area contributed by atoms with Gasteiger partial charge in [0.2, 0.25) is 15.9 Å². The van der Waals surface area contributed by atoms with Gasteiger partial charge in [-0.25, -0.2) is 13.4 Å². The minimum atomic E-state index is -3.95. The molecular weight excluding hydrogens is 442 g/mol. The predicted molar refractivity (Wildman–Crippen MR) is 123 cm³/mol. The summed E-state index contributed by atoms with van der Waals surface area (Å²) in [6.45, 7) is 7.14. The molecule has 5 atom stereocenters. The van der Waals surface area contributed by atoms with E-state index in [-0.39, 0.29) is 34.8 Å². The number of aryl methyl sites for hydroxylation is 1. The van der Waals surface area contributed by atoms with Gasteiger partial charge in [0.15, 0.2) is 0 Å². The van der Waals surface area contributed by atoms with Gasteiger partial charge in [0, 0.05) is 24.2 Å². The molecular formula is C23H33N5O4S. The van der Waals surface area contributed by atoms with E-state index in [1.807, 2.05) is 25.7 Å². The zero-order valence-electron chi connectivity index (χ0n) is 19.5. The molecule has 1 aromatic heterocycles. The summed E-state index contributed by atoms with van der Waals surface area (Å²) in [6, 6.07) is 4.72. The molecule has 0 spiro atoms. The van der Waals surface area contributed by atoms with Crippen LogP contribution in [0.15, 0.2) is 17.0 Å². The van der Waals surface area contributed by atoms with E-state index >= 15 is 0 Å². The van der Waals surface area contributed by atoms with Crippen molar-refractivity contribution in [2.24, 2.45) is 5.92 Å². The summed E-state index contributed by atoms with van der Waals surface area (Å²) in [7, 11) is -3.95. The molecule has 3 fully saturated rings. The molecule has 1 aliphatic carbocycles. The first-order valence-corrected chi connectivity index (χ1v) is 13.2. The fourth-order valence-electron chi connectivity index (χ4n) is 5.28. The SMILES string of the molecule is Cc1ccc(S(=O)(=O)N2CCC[C@H]2C(=O)N[C@@H]2CC[C@H](C#N)C2)c(N2[C@@H](C)COC[C@@H]2C)n1. The summed E-state index contributed by atoms with van der Waals surface area (Å²) in [5.41, 5.74) is 0.735. The number of sulfonamides is 1. The van der Waals surface area contributed by atoms with Crippen molar-refractivity contribution >= 4 is 21.7 Å². The number of nitrogens with one attached hydrogen (secondary N) is 1. The van der Waals surface area contributed by atoms with Crippen LogP contribution in [0.3, 0.4) is 0 Å². The Morgan fingerprint density at radius 1 is 1.21 bits per heavy atom. The van der Waals surface area contributed by atoms with Crippen LogP contribution in [0, 0.1) is 24.2 Å². The highest BCUT2D eigenvalue weighted by Gasteiger charge is 2.43. The number of nitrogens with zero attached hydrogens (tertiary/aromatic N) is 4. The maximum atomic E-state index is 13.9. The van der Waals surface area contributed by atoms with Gasteiger partial charge in [-0.05, 0) is 65.0 Å². The van der Waals surface area contributed by atoms with Crippen molar-refractivity contribution in [1.82, 2.24) is 14.6 Å². The maximum Gasteiger partial charge on any atom is 0.247 e. The van der Waals surface area contributed by atoms with Gasteiger partial charge in [0.05, 0.1) is 31.4 Å². The Balaban J connectivity index is 1.61. The van der Waals surface area contributed by atoms with E-state index in [0.29, 0.717) is 44.8 Å². The van der Waals surface area contributed by atoms with Gasteiger partial charge in [0.1, 0.15) is 16.8 Å². The van der Waals surface area contributed by atoms with Crippen molar-refractivity contribution in [2.75, 3.05) is 24.7 Å². The molecule has 0 aromatic carbocycles. The smallest absolute Gasteiger partial charge is 0.247 e. The van der Waals surface area contributed by atoms with Gasteiger partial charge >= 0.3 is 0 Å². The molecule has 180 valence electrons. The molecule has 4 rings (SSSR count). The third-order valence-electron chi connectivity index (χ3n) is 6.95. The maximum absolute atomic E-state index is 13.9. The summed E-state index contributed by atoms with van der Waals surface area (Å²) in [5, 5.41) is 12.1. The number of carbonyl (C=O) groups is 1. The number of aromatic nitrogens is 1. The summed E-state index contributed by atoms with van der Waals surface area (Å²) < 4.78 is 34.7. The molecule has 1 aromatic rings. The molecule has 1 saturated carbocycles. The first kappa shape index (κ1) is 23.9. The molecule has 2 aliphatic heterocycles. The molecule has 0 radical (unpaired) electrons. The molecule has 9 nitrogen and oxygen atoms in total. The molecule has 1 amide bonds. The van der Waals surface area contributed by atoms with Gasteiger partial charge in [0.25, 0.3) is 0 Å². The Morgan fingerprint density at radius 3 is 2.61 bits per heavy atom. The average molecular weight is 476 g/mol. The number of ether oxygens (including phenoxy) is 1. The standard InChI is InChI=1S/C23H33N5O4S/c1-15-6-9-21(22(25-15)28-16(2)13-32-14-17(28)3)33(30,31)27-10-4-5-20(27)23(29)26-19-8-7-18(11-19)12-24/h6,9,16-20H,4-5,7-8,10-11,13-14H2,1-3H3,(H,26,29)/t16-,17-,18-,19+,20-/m0/s1. The summed E-state index contributed by atoms with van der Waals surface area (Å²) in [4.78, 5) is 19.9. The van der Waals surface area contributed by atoms with Crippen molar-refractivity contribution in [3.8, 4) is 6.07 Å². The van der Waals surface area contributed by atoms with Crippen LogP contribution in [-0.2, 0) is 19.6 Å². The Morgan fingerprint density at radius 2 is 1.94 bits per heavy atom. The third-order valence-corrected chi connectivity index (χ3v) is 8.87. The highest BCUT2D eigenvalue weighted by Crippen LogP contribution is 2.34. The number of morpholine rings is 1. The van der Waals surface area contributed by atoms with Crippen LogP contribution in [0.1, 0.15) is 51.6 Å². The number of pyridine rings is 1. The Kier molecular flexibility index (Phi) is 6.93. The highest BCUT2D eigenvalue weighted by molar-refractivity contribution is 7.89. The van der Waals surface area contributed by atoms with Gasteiger partial charge in [-0.1, -0.05) is 0 Å². The topological polar surface area (TPSA) is 116 Å². The molecule has 10 heteroatoms. The first-order valence-electron chi connectivity index (χ1n) is 11.8. The van der Waals surface area contributed by atoms with Crippen LogP contribution in [0.25, 0.3) is 0 Å². The van der Waals surface area contributed by atoms with Crippen molar-refractivity contribution < 1.29 is 17.9 Å². The van der Waals surface area contributed by atoms with E-state index < -0.39 is 16.1 Å². The number of nitriles is 1. The van der Waals surface area contributed by atoms with Gasteiger partial charge in [-0.3, -0.25) is 4.79 Å². The first-order chi connectivity index (χ1) is 15.7. The molecule has 33 heavy (non-hydrogen) atoms. The van der Waals surface area contributed by atoms with Crippen LogP contribution >= 0.6 is 0 Å². The molecule has 3 aliphatic rings. The van der Waals surface area contributed by atoms with E-state index in [4.69, 9.17) is 10.00 Å². The number of rotatable bonds is 5. The quantitative estimate of drug-likeness (QED) is 0.692. The van der Waals surface area contributed by atoms with Crippen molar-refractivity contribution in [3.05, 3.63) is 17.8 Å². The summed E-state index contributed by atoms with van der Waals surface area (Å²) in [5.74, 6) is 0.115. The van der Waals surface area contributed by atoms with Crippen LogP contribution in [0.2, 0.25) is 0 Å². The Bertz CT molecular complexity index is 1030. The van der Waals surface area contributed by atoms with Gasteiger partial charge in [-0.2, -0.15) is 9.57 Å². The van der Waals surface area contributed by atoms with E-state index in [1.54, 1.807) is 12.1 Å². The Hall–Kier alpha value is -2.22. The van der Waals surface area contributed by atoms with E-state index in [1.165, 1.54) is 4.31 Å². The second-order valence-electron chi connectivity index (χ2n) is 9.54. The van der Waals surface area contributed by atoms with Crippen molar-refractivity contribution in [1.29, 1.82) is 5.26 Å². The minimum absolute atomic E-state index is 0.0230. The second-order valence-corrected chi connectivity index (χ2v) is 11.4. The molecule has 3 heterocycles. The van der Waals surface area contributed by atoms with Crippen LogP contribution in [0.5, 0.6) is 0 Å². The molecule has 1 N–H and O–H groups in total. The average Bonchev–Trinajstić information content (AvgIpc) is 3.43. The summed E-state index contributed by atoms with van der Waals surface area (Å²) in [6.07, 6.45) is 3.26. The fourth-order valence-corrected chi connectivity index (χ4v) is 7.06. The molecule has 0 unspecified atom stereocenters. The lowest BCUT2D eigenvalue weighted by atomic mass is 10.1. The normalized spacial score (nSPS) is 30.8. The van der Waals surface area contributed by atoms with E-state index in [2.05, 4.69) is 16.4 Å². The number of anilines is 1. The van der Waals surface area contributed by atoms with Crippen molar-refractivity contribution in [2.45, 2.75) is 81.9 Å². The summed E-state index contributed by atoms with van der Waals surface area (Å²) >= 11 is 0. The number of amides is 1. The number of carbonyl (C=O) groups excluding carboxylic acids is 1. The molecule has 0 bridgehead atoms. The third kappa shape index (κ3) is 4.72. The minimum Gasteiger partial charge on any atom is -0.377 e. The Labute approximate surface area is 196 Å². The van der Waals surface area contributed by atoms with Crippen LogP contribution in [0.4, 0.5) is 5.82 Å². The largest absolute Gasteiger partial charge is 0.377 e. The van der Waals surface area contributed by atoms with Crippen molar-refractivity contribution in [3.63, 3.8) is 0 Å². The zero-order chi connectivity index (χ0) is 23.8. The lowest BCUT2D eigenvalue weighted by Gasteiger charge is -2.40. The number of hydrogen-bond acceptors (Lipinski definition) is 7. The predicted octanol–water partition coefficient (Wildman–Crippen LogP) is 1.97. The fraction of sp³-hybridized carbons (Fsp3) is 0.696. The van der Waals surface area contributed by atoms with E-state index in [0.717, 1.165) is 18.5 Å². The zero-order valence-corrected chi connectivity index (χ0v) is 20.3. The van der Waals surface area contributed by atoms with Gasteiger partial charge in [-0.15, -0.1) is 0 Å². The van der Waals surface area contributed by atoms with Gasteiger partial charge < -0.3 is 15.0 Å². The monoisotopic (exact) mass is 475 g/mol. The molecule has 2 saturated heterocycles.